The zero-order valence-electron chi connectivity index (χ0n) is 35.3. The van der Waals surface area contributed by atoms with E-state index in [1.807, 2.05) is 58.9 Å². The summed E-state index contributed by atoms with van der Waals surface area (Å²) in [5.74, 6) is 0.914. The highest BCUT2D eigenvalue weighted by molar-refractivity contribution is 5.92. The van der Waals surface area contributed by atoms with Crippen LogP contribution in [0.5, 0.6) is 5.75 Å². The number of nitrogens with one attached hydrogen (secondary N) is 4. The first-order valence-electron chi connectivity index (χ1n) is 20.8. The van der Waals surface area contributed by atoms with E-state index < -0.39 is 42.4 Å². The standard InChI is InChI=1S/C44H52FN9O7/c1-22(2)37(50-43(57)59-6)41(55)52-14-8-9-33(52)39-46-19-30(48-39)25-11-13-32-27(15-25)16-34-29-12-10-26(17-36(29)61-24(5)54(32)34)31-20-47-40(49-31)35-18-28(45)21-53(35)42(56)38(23(3)4)51-44(58)60-7/h10-13,15-17,19-20,22-24,28,33,35,37-38H,8-9,14,18,21H2,1-7H3,(H,46,48)(H,47,49)(H,50,57)(H,51,58)/t24?,28?,33-,35-,37-,38-/m0/s1. The number of imidazole rings is 2. The SMILES string of the molecule is COC(=O)N[C@H](C(=O)N1CCC[C@H]1c1ncc(-c2ccc3c(c2)cc2n3C(C)Oc3cc(-c4cnc([C@@H]5CC(F)CN5C(=O)[C@@H](NC(=O)OC)C(C)C)[nH]4)ccc3-2)[nH]1)C(C)C. The number of rotatable bonds is 10. The van der Waals surface area contributed by atoms with Gasteiger partial charge in [0.15, 0.2) is 6.23 Å². The third kappa shape index (κ3) is 7.76. The number of H-pyrrole nitrogens is 2. The Kier molecular flexibility index (Phi) is 11.2. The van der Waals surface area contributed by atoms with Crippen LogP contribution in [0, 0.1) is 11.8 Å². The minimum Gasteiger partial charge on any atom is -0.470 e. The summed E-state index contributed by atoms with van der Waals surface area (Å²) in [4.78, 5) is 70.7. The number of alkyl halides is 1. The Hall–Kier alpha value is -6.39. The van der Waals surface area contributed by atoms with Crippen molar-refractivity contribution in [1.29, 1.82) is 0 Å². The van der Waals surface area contributed by atoms with Crippen molar-refractivity contribution in [3.8, 4) is 39.5 Å². The number of amides is 4. The number of ether oxygens (including phenoxy) is 3. The molecule has 2 aromatic carbocycles. The molecule has 17 heteroatoms. The van der Waals surface area contributed by atoms with Crippen molar-refractivity contribution in [2.24, 2.45) is 11.8 Å². The minimum absolute atomic E-state index is 0.0803. The van der Waals surface area contributed by atoms with Crippen LogP contribution in [0.1, 0.15) is 83.8 Å². The Morgan fingerprint density at radius 3 is 2.03 bits per heavy atom. The van der Waals surface area contributed by atoms with Crippen molar-refractivity contribution in [3.63, 3.8) is 0 Å². The molecule has 3 aromatic heterocycles. The number of aromatic nitrogens is 5. The molecule has 0 radical (unpaired) electrons. The van der Waals surface area contributed by atoms with Crippen LogP contribution in [-0.4, -0.2) is 104 Å². The van der Waals surface area contributed by atoms with Gasteiger partial charge in [-0.25, -0.2) is 23.9 Å². The Bertz CT molecular complexity index is 2470. The lowest BCUT2D eigenvalue weighted by Gasteiger charge is -2.30. The summed E-state index contributed by atoms with van der Waals surface area (Å²) in [5, 5.41) is 6.31. The van der Waals surface area contributed by atoms with Crippen LogP contribution >= 0.6 is 0 Å². The lowest BCUT2D eigenvalue weighted by Crippen LogP contribution is -2.51. The van der Waals surface area contributed by atoms with Crippen molar-refractivity contribution in [3.05, 3.63) is 66.5 Å². The van der Waals surface area contributed by atoms with E-state index >= 15 is 0 Å². The van der Waals surface area contributed by atoms with Crippen molar-refractivity contribution in [2.45, 2.75) is 90.4 Å². The van der Waals surface area contributed by atoms with Crippen molar-refractivity contribution < 1.29 is 37.8 Å². The number of fused-ring (bicyclic) bond motifs is 5. The lowest BCUT2D eigenvalue weighted by atomic mass is 10.0. The number of nitrogens with zero attached hydrogens (tertiary/aromatic N) is 5. The molecule has 6 atom stereocenters. The molecule has 0 aliphatic carbocycles. The summed E-state index contributed by atoms with van der Waals surface area (Å²) in [6.45, 7) is 9.87. The van der Waals surface area contributed by atoms with Crippen LogP contribution in [0.3, 0.4) is 0 Å². The van der Waals surface area contributed by atoms with E-state index in [0.29, 0.717) is 29.6 Å². The fraction of sp³-hybridized carbons (Fsp3) is 0.455. The number of hydrogen-bond acceptors (Lipinski definition) is 9. The molecule has 5 aromatic rings. The number of benzene rings is 2. The number of carbonyl (C=O) groups is 4. The molecule has 61 heavy (non-hydrogen) atoms. The number of halogens is 1. The topological polar surface area (TPSA) is 189 Å². The van der Waals surface area contributed by atoms with Crippen LogP contribution in [0.2, 0.25) is 0 Å². The predicted octanol–water partition coefficient (Wildman–Crippen LogP) is 7.04. The lowest BCUT2D eigenvalue weighted by molar-refractivity contribution is -0.136. The quantitative estimate of drug-likeness (QED) is 0.114. The van der Waals surface area contributed by atoms with E-state index in [1.165, 1.54) is 19.1 Å². The second-order valence-corrected chi connectivity index (χ2v) is 16.7. The molecule has 3 aliphatic heterocycles. The zero-order chi connectivity index (χ0) is 43.3. The molecule has 2 fully saturated rings. The molecular formula is C44H52FN9O7. The van der Waals surface area contributed by atoms with Crippen LogP contribution < -0.4 is 15.4 Å². The molecule has 8 rings (SSSR count). The Morgan fingerprint density at radius 1 is 0.820 bits per heavy atom. The zero-order valence-corrected chi connectivity index (χ0v) is 35.3. The number of alkyl carbamates (subject to hydrolysis) is 2. The van der Waals surface area contributed by atoms with Crippen LogP contribution in [-0.2, 0) is 19.1 Å². The average Bonchev–Trinajstić information content (AvgIpc) is 4.10. The van der Waals surface area contributed by atoms with E-state index in [9.17, 15) is 23.6 Å². The number of methoxy groups -OCH3 is 2. The van der Waals surface area contributed by atoms with Gasteiger partial charge in [0.2, 0.25) is 11.8 Å². The van der Waals surface area contributed by atoms with Crippen molar-refractivity contribution in [2.75, 3.05) is 27.3 Å². The van der Waals surface area contributed by atoms with E-state index in [4.69, 9.17) is 19.2 Å². The highest BCUT2D eigenvalue weighted by Gasteiger charge is 2.42. The van der Waals surface area contributed by atoms with Crippen LogP contribution in [0.15, 0.2) is 54.9 Å². The van der Waals surface area contributed by atoms with Gasteiger partial charge in [0.25, 0.3) is 0 Å². The molecule has 0 saturated carbocycles. The van der Waals surface area contributed by atoms with Gasteiger partial charge < -0.3 is 49.2 Å². The van der Waals surface area contributed by atoms with Gasteiger partial charge in [0, 0.05) is 35.0 Å². The predicted molar refractivity (Wildman–Crippen MR) is 224 cm³/mol. The highest BCUT2D eigenvalue weighted by atomic mass is 19.1. The summed E-state index contributed by atoms with van der Waals surface area (Å²) in [5.41, 5.74) is 6.19. The first-order chi connectivity index (χ1) is 29.3. The normalized spacial score (nSPS) is 20.6. The molecule has 0 spiro atoms. The summed E-state index contributed by atoms with van der Waals surface area (Å²) in [7, 11) is 2.51. The van der Waals surface area contributed by atoms with Gasteiger partial charge in [-0.15, -0.1) is 0 Å². The monoisotopic (exact) mass is 837 g/mol. The smallest absolute Gasteiger partial charge is 0.407 e. The van der Waals surface area contributed by atoms with Crippen molar-refractivity contribution >= 4 is 34.9 Å². The van der Waals surface area contributed by atoms with Gasteiger partial charge >= 0.3 is 12.2 Å². The second-order valence-electron chi connectivity index (χ2n) is 16.7. The molecule has 3 aliphatic rings. The molecule has 2 unspecified atom stereocenters. The summed E-state index contributed by atoms with van der Waals surface area (Å²) < 4.78 is 33.1. The van der Waals surface area contributed by atoms with E-state index in [1.54, 1.807) is 17.3 Å². The van der Waals surface area contributed by atoms with E-state index in [2.05, 4.69) is 48.4 Å². The van der Waals surface area contributed by atoms with Gasteiger partial charge in [0.1, 0.15) is 35.7 Å². The number of aromatic amines is 2. The number of likely N-dealkylation sites (tertiary alicyclic amines) is 2. The maximum atomic E-state index is 14.9. The molecule has 322 valence electrons. The summed E-state index contributed by atoms with van der Waals surface area (Å²) >= 11 is 0. The maximum absolute atomic E-state index is 14.9. The fourth-order valence-corrected chi connectivity index (χ4v) is 8.90. The van der Waals surface area contributed by atoms with Gasteiger partial charge in [-0.2, -0.15) is 0 Å². The molecule has 4 amide bonds. The first-order valence-corrected chi connectivity index (χ1v) is 20.8. The molecule has 2 saturated heterocycles. The third-order valence-corrected chi connectivity index (χ3v) is 12.1. The minimum atomic E-state index is -1.24. The average molecular weight is 838 g/mol. The maximum Gasteiger partial charge on any atom is 0.407 e. The third-order valence-electron chi connectivity index (χ3n) is 12.1. The van der Waals surface area contributed by atoms with Crippen molar-refractivity contribution in [1.82, 2.24) is 44.9 Å². The molecule has 0 bridgehead atoms. The highest BCUT2D eigenvalue weighted by Crippen LogP contribution is 2.44. The van der Waals surface area contributed by atoms with E-state index in [0.717, 1.165) is 51.8 Å². The van der Waals surface area contributed by atoms with Gasteiger partial charge in [-0.05, 0) is 61.9 Å². The Balaban J connectivity index is 1.02. The molecule has 6 heterocycles. The van der Waals surface area contributed by atoms with E-state index in [-0.39, 0.29) is 43.0 Å². The largest absolute Gasteiger partial charge is 0.470 e. The van der Waals surface area contributed by atoms with Crippen LogP contribution in [0.4, 0.5) is 14.0 Å². The molecular weight excluding hydrogens is 786 g/mol. The molecule has 4 N–H and O–H groups in total. The number of hydrogen-bond donors (Lipinski definition) is 4. The first kappa shape index (κ1) is 41.3. The Labute approximate surface area is 352 Å². The Morgan fingerprint density at radius 2 is 1.41 bits per heavy atom. The summed E-state index contributed by atoms with van der Waals surface area (Å²) in [6.07, 6.45) is 2.20. The second kappa shape index (κ2) is 16.6. The summed E-state index contributed by atoms with van der Waals surface area (Å²) in [6, 6.07) is 11.8. The van der Waals surface area contributed by atoms with Gasteiger partial charge in [0.05, 0.1) is 67.8 Å². The number of carbonyl (C=O) groups excluding carboxylic acids is 4. The van der Waals surface area contributed by atoms with Crippen LogP contribution in [0.25, 0.3) is 44.7 Å². The van der Waals surface area contributed by atoms with Gasteiger partial charge in [-0.3, -0.25) is 9.59 Å². The van der Waals surface area contributed by atoms with Gasteiger partial charge in [-0.1, -0.05) is 39.8 Å². The fourth-order valence-electron chi connectivity index (χ4n) is 8.90. The molecule has 16 nitrogen and oxygen atoms in total.